The van der Waals surface area contributed by atoms with Crippen molar-refractivity contribution in [3.8, 4) is 0 Å². The number of aryl methyl sites for hydroxylation is 4. The first-order chi connectivity index (χ1) is 18.6. The molecule has 2 aromatic rings. The van der Waals surface area contributed by atoms with Crippen LogP contribution >= 0.6 is 0 Å². The number of rotatable bonds is 21. The van der Waals surface area contributed by atoms with Crippen LogP contribution in [0.1, 0.15) is 74.6 Å². The van der Waals surface area contributed by atoms with E-state index in [1.54, 1.807) is 0 Å². The minimum Gasteiger partial charge on any atom is -0.463 e. The van der Waals surface area contributed by atoms with Crippen LogP contribution in [0.3, 0.4) is 0 Å². The lowest BCUT2D eigenvalue weighted by Gasteiger charge is -2.08. The molecule has 0 radical (unpaired) electrons. The van der Waals surface area contributed by atoms with Crippen LogP contribution in [0.25, 0.3) is 0 Å². The van der Waals surface area contributed by atoms with E-state index in [0.717, 1.165) is 12.8 Å². The van der Waals surface area contributed by atoms with E-state index in [1.807, 2.05) is 0 Å². The molecule has 0 aromatic heterocycles. The Kier molecular flexibility index (Phi) is 16.8. The molecule has 0 amide bonds. The monoisotopic (exact) mass is 526 g/mol. The zero-order valence-electron chi connectivity index (χ0n) is 23.4. The van der Waals surface area contributed by atoms with E-state index in [4.69, 9.17) is 18.9 Å². The van der Waals surface area contributed by atoms with Crippen LogP contribution in [-0.2, 0) is 54.2 Å². The minimum atomic E-state index is -0.213. The molecule has 0 unspecified atom stereocenters. The molecule has 0 aliphatic heterocycles. The first kappa shape index (κ1) is 31.5. The van der Waals surface area contributed by atoms with Gasteiger partial charge >= 0.3 is 11.9 Å². The highest BCUT2D eigenvalue weighted by Gasteiger charge is 2.06. The molecule has 2 rings (SSSR count). The Balaban J connectivity index is 1.41. The van der Waals surface area contributed by atoms with E-state index in [-0.39, 0.29) is 25.2 Å². The normalized spacial score (nSPS) is 10.9. The number of esters is 2. The maximum absolute atomic E-state index is 12.0. The number of hydrogen-bond donors (Lipinski definition) is 0. The van der Waals surface area contributed by atoms with E-state index < -0.39 is 0 Å². The highest BCUT2D eigenvalue weighted by atomic mass is 16.6. The Morgan fingerprint density at radius 3 is 1.32 bits per heavy atom. The van der Waals surface area contributed by atoms with Gasteiger partial charge in [-0.25, -0.2) is 0 Å². The predicted octanol–water partition coefficient (Wildman–Crippen LogP) is 6.06. The fourth-order valence-corrected chi connectivity index (χ4v) is 4.03. The third-order valence-electron chi connectivity index (χ3n) is 6.21. The molecular formula is C32H46O6. The fourth-order valence-electron chi connectivity index (χ4n) is 4.03. The minimum absolute atomic E-state index is 0.213. The van der Waals surface area contributed by atoms with Crippen molar-refractivity contribution in [3.63, 3.8) is 0 Å². The van der Waals surface area contributed by atoms with Gasteiger partial charge in [-0.2, -0.15) is 0 Å². The molecule has 0 aliphatic carbocycles. The number of carbonyl (C=O) groups is 2. The average molecular weight is 527 g/mol. The number of hydrogen-bond acceptors (Lipinski definition) is 6. The van der Waals surface area contributed by atoms with Crippen LogP contribution in [-0.4, -0.2) is 51.6 Å². The number of carbonyl (C=O) groups excluding carboxylic acids is 2. The fraction of sp³-hybridized carbons (Fsp3) is 0.562. The van der Waals surface area contributed by atoms with Crippen molar-refractivity contribution in [1.29, 1.82) is 0 Å². The molecule has 0 N–H and O–H groups in total. The summed E-state index contributed by atoms with van der Waals surface area (Å²) in [5, 5.41) is 0. The average Bonchev–Trinajstić information content (AvgIpc) is 2.94. The molecular weight excluding hydrogens is 480 g/mol. The molecule has 0 saturated carbocycles. The van der Waals surface area contributed by atoms with Gasteiger partial charge in [-0.05, 0) is 60.8 Å². The molecule has 0 fully saturated rings. The summed E-state index contributed by atoms with van der Waals surface area (Å²) in [4.78, 5) is 23.9. The molecule has 0 aliphatic rings. The molecule has 0 spiro atoms. The van der Waals surface area contributed by atoms with Crippen LogP contribution in [0.15, 0.2) is 48.5 Å². The summed E-state index contributed by atoms with van der Waals surface area (Å²) in [5.74, 6) is -0.426. The highest BCUT2D eigenvalue weighted by molar-refractivity contribution is 5.70. The Hall–Kier alpha value is -2.70. The van der Waals surface area contributed by atoms with E-state index in [2.05, 4.69) is 62.4 Å². The van der Waals surface area contributed by atoms with Crippen molar-refractivity contribution in [2.24, 2.45) is 0 Å². The van der Waals surface area contributed by atoms with E-state index in [1.165, 1.54) is 47.9 Å². The van der Waals surface area contributed by atoms with Crippen molar-refractivity contribution >= 4 is 11.9 Å². The van der Waals surface area contributed by atoms with E-state index >= 15 is 0 Å². The standard InChI is InChI=1S/C32H46O6/c1-3-5-9-27-11-7-13-29(25-27)15-17-31(33)37-23-21-35-19-20-36-22-24-38-32(34)18-16-30-14-8-12-28(26-30)10-6-4-2/h7-8,11-14,25-26H,3-6,9-10,15-24H2,1-2H3. The first-order valence-corrected chi connectivity index (χ1v) is 14.2. The van der Waals surface area contributed by atoms with Crippen molar-refractivity contribution in [2.45, 2.75) is 78.1 Å². The van der Waals surface area contributed by atoms with Gasteiger partial charge in [0.15, 0.2) is 0 Å². The summed E-state index contributed by atoms with van der Waals surface area (Å²) in [6, 6.07) is 16.9. The van der Waals surface area contributed by atoms with Crippen molar-refractivity contribution in [3.05, 3.63) is 70.8 Å². The number of ether oxygens (including phenoxy) is 4. The van der Waals surface area contributed by atoms with Gasteiger partial charge in [-0.1, -0.05) is 75.2 Å². The second-order valence-electron chi connectivity index (χ2n) is 9.51. The molecule has 0 atom stereocenters. The summed E-state index contributed by atoms with van der Waals surface area (Å²) in [6.45, 7) is 6.28. The third kappa shape index (κ3) is 14.9. The molecule has 0 heterocycles. The number of unbranched alkanes of at least 4 members (excludes halogenated alkanes) is 2. The van der Waals surface area contributed by atoms with Gasteiger partial charge < -0.3 is 18.9 Å². The van der Waals surface area contributed by atoms with Crippen LogP contribution in [0.2, 0.25) is 0 Å². The van der Waals surface area contributed by atoms with E-state index in [9.17, 15) is 9.59 Å². The molecule has 2 aromatic carbocycles. The highest BCUT2D eigenvalue weighted by Crippen LogP contribution is 2.12. The van der Waals surface area contributed by atoms with Gasteiger partial charge in [0.25, 0.3) is 0 Å². The summed E-state index contributed by atoms with van der Waals surface area (Å²) >= 11 is 0. The maximum Gasteiger partial charge on any atom is 0.306 e. The molecule has 6 nitrogen and oxygen atoms in total. The Morgan fingerprint density at radius 2 is 0.921 bits per heavy atom. The molecule has 6 heteroatoms. The molecule has 0 saturated heterocycles. The topological polar surface area (TPSA) is 71.1 Å². The van der Waals surface area contributed by atoms with Crippen LogP contribution in [0.5, 0.6) is 0 Å². The maximum atomic E-state index is 12.0. The Labute approximate surface area is 229 Å². The SMILES string of the molecule is CCCCc1cccc(CCC(=O)OCCOCCOCCOC(=O)CCc2cccc(CCCC)c2)c1. The van der Waals surface area contributed by atoms with Gasteiger partial charge in [0.05, 0.1) is 26.4 Å². The summed E-state index contributed by atoms with van der Waals surface area (Å²) in [6.07, 6.45) is 8.97. The first-order valence-electron chi connectivity index (χ1n) is 14.2. The largest absolute Gasteiger partial charge is 0.463 e. The van der Waals surface area contributed by atoms with Crippen molar-refractivity contribution < 1.29 is 28.5 Å². The van der Waals surface area contributed by atoms with Gasteiger partial charge in [0, 0.05) is 12.8 Å². The molecule has 38 heavy (non-hydrogen) atoms. The quantitative estimate of drug-likeness (QED) is 0.146. The molecule has 210 valence electrons. The second kappa shape index (κ2) is 20.3. The zero-order valence-corrected chi connectivity index (χ0v) is 23.4. The van der Waals surface area contributed by atoms with Crippen molar-refractivity contribution in [2.75, 3.05) is 39.6 Å². The zero-order chi connectivity index (χ0) is 27.3. The predicted molar refractivity (Wildman–Crippen MR) is 150 cm³/mol. The lowest BCUT2D eigenvalue weighted by molar-refractivity contribution is -0.146. The Bertz CT molecular complexity index is 850. The Morgan fingerprint density at radius 1 is 0.553 bits per heavy atom. The molecule has 0 bridgehead atoms. The summed E-state index contributed by atoms with van der Waals surface area (Å²) in [7, 11) is 0. The van der Waals surface area contributed by atoms with Crippen molar-refractivity contribution in [1.82, 2.24) is 0 Å². The third-order valence-corrected chi connectivity index (χ3v) is 6.21. The summed E-state index contributed by atoms with van der Waals surface area (Å²) in [5.41, 5.74) is 4.99. The van der Waals surface area contributed by atoms with Gasteiger partial charge in [-0.3, -0.25) is 9.59 Å². The smallest absolute Gasteiger partial charge is 0.306 e. The van der Waals surface area contributed by atoms with Crippen LogP contribution < -0.4 is 0 Å². The summed E-state index contributed by atoms with van der Waals surface area (Å²) < 4.78 is 21.4. The lowest BCUT2D eigenvalue weighted by atomic mass is 10.0. The lowest BCUT2D eigenvalue weighted by Crippen LogP contribution is -2.15. The van der Waals surface area contributed by atoms with Gasteiger partial charge in [0.1, 0.15) is 13.2 Å². The van der Waals surface area contributed by atoms with E-state index in [0.29, 0.717) is 52.1 Å². The number of benzene rings is 2. The van der Waals surface area contributed by atoms with Crippen LogP contribution in [0, 0.1) is 0 Å². The second-order valence-corrected chi connectivity index (χ2v) is 9.51. The van der Waals surface area contributed by atoms with Gasteiger partial charge in [-0.15, -0.1) is 0 Å². The van der Waals surface area contributed by atoms with Gasteiger partial charge in [0.2, 0.25) is 0 Å². The van der Waals surface area contributed by atoms with Crippen LogP contribution in [0.4, 0.5) is 0 Å².